The fourth-order valence-electron chi connectivity index (χ4n) is 0.348. The van der Waals surface area contributed by atoms with Gasteiger partial charge in [0.2, 0.25) is 0 Å². The summed E-state index contributed by atoms with van der Waals surface area (Å²) in [6.45, 7) is 2.30. The highest BCUT2D eigenvalue weighted by Crippen LogP contribution is 1.73. The Morgan fingerprint density at radius 1 is 1.67 bits per heavy atom. The second kappa shape index (κ2) is 4.69. The number of nitrogens with zero attached hydrogens (tertiary/aromatic N) is 1. The lowest BCUT2D eigenvalue weighted by atomic mass is 10.4. The van der Waals surface area contributed by atoms with Crippen molar-refractivity contribution in [2.45, 2.75) is 13.0 Å². The standard InChI is InChI=1S/C5H15N3O/c1-5(9)4-7-8(3)6-2/h5-7,9H,4H2,1-3H3. The van der Waals surface area contributed by atoms with E-state index in [1.165, 1.54) is 0 Å². The molecule has 4 heteroatoms. The van der Waals surface area contributed by atoms with Gasteiger partial charge in [-0.25, -0.2) is 10.9 Å². The zero-order valence-electron chi connectivity index (χ0n) is 6.18. The molecule has 0 aliphatic rings. The van der Waals surface area contributed by atoms with Gasteiger partial charge in [0.05, 0.1) is 6.10 Å². The highest BCUT2D eigenvalue weighted by molar-refractivity contribution is 4.46. The highest BCUT2D eigenvalue weighted by Gasteiger charge is 1.95. The summed E-state index contributed by atoms with van der Waals surface area (Å²) in [5.41, 5.74) is 5.74. The van der Waals surface area contributed by atoms with Crippen molar-refractivity contribution in [1.29, 1.82) is 0 Å². The first-order valence-electron chi connectivity index (χ1n) is 2.99. The number of aliphatic hydroxyl groups excluding tert-OH is 1. The van der Waals surface area contributed by atoms with Crippen molar-refractivity contribution in [3.05, 3.63) is 0 Å². The molecule has 0 aromatic carbocycles. The van der Waals surface area contributed by atoms with Crippen LogP contribution in [0, 0.1) is 0 Å². The fraction of sp³-hybridized carbons (Fsp3) is 1.00. The Labute approximate surface area is 55.8 Å². The van der Waals surface area contributed by atoms with E-state index < -0.39 is 0 Å². The molecule has 0 rings (SSSR count). The molecule has 0 amide bonds. The summed E-state index contributed by atoms with van der Waals surface area (Å²) in [6, 6.07) is 0. The Hall–Kier alpha value is -0.160. The molecular weight excluding hydrogens is 118 g/mol. The van der Waals surface area contributed by atoms with E-state index in [1.54, 1.807) is 19.1 Å². The summed E-state index contributed by atoms with van der Waals surface area (Å²) in [5.74, 6) is 0. The van der Waals surface area contributed by atoms with Crippen molar-refractivity contribution in [1.82, 2.24) is 16.0 Å². The van der Waals surface area contributed by atoms with E-state index in [2.05, 4.69) is 10.9 Å². The van der Waals surface area contributed by atoms with Crippen molar-refractivity contribution < 1.29 is 5.11 Å². The van der Waals surface area contributed by atoms with E-state index in [0.717, 1.165) is 0 Å². The third-order valence-electron chi connectivity index (χ3n) is 0.959. The van der Waals surface area contributed by atoms with Gasteiger partial charge >= 0.3 is 0 Å². The van der Waals surface area contributed by atoms with Crippen LogP contribution in [0.25, 0.3) is 0 Å². The third kappa shape index (κ3) is 5.72. The van der Waals surface area contributed by atoms with E-state index in [1.807, 2.05) is 7.05 Å². The van der Waals surface area contributed by atoms with Crippen LogP contribution < -0.4 is 10.9 Å². The fourth-order valence-corrected chi connectivity index (χ4v) is 0.348. The Kier molecular flexibility index (Phi) is 4.61. The van der Waals surface area contributed by atoms with E-state index in [4.69, 9.17) is 5.11 Å². The lowest BCUT2D eigenvalue weighted by Gasteiger charge is -2.16. The molecule has 0 saturated heterocycles. The maximum atomic E-state index is 8.78. The van der Waals surface area contributed by atoms with E-state index in [0.29, 0.717) is 6.54 Å². The Morgan fingerprint density at radius 3 is 2.56 bits per heavy atom. The smallest absolute Gasteiger partial charge is 0.0651 e. The van der Waals surface area contributed by atoms with Crippen molar-refractivity contribution in [3.8, 4) is 0 Å². The minimum atomic E-state index is -0.305. The van der Waals surface area contributed by atoms with Crippen LogP contribution in [0.3, 0.4) is 0 Å². The molecule has 4 nitrogen and oxygen atoms in total. The van der Waals surface area contributed by atoms with Crippen LogP contribution in [0.15, 0.2) is 0 Å². The molecule has 0 saturated carbocycles. The zero-order valence-corrected chi connectivity index (χ0v) is 6.18. The van der Waals surface area contributed by atoms with Crippen molar-refractivity contribution in [2.75, 3.05) is 20.6 Å². The van der Waals surface area contributed by atoms with E-state index in [9.17, 15) is 0 Å². The topological polar surface area (TPSA) is 47.5 Å². The average Bonchev–Trinajstić information content (AvgIpc) is 1.83. The first-order chi connectivity index (χ1) is 4.16. The van der Waals surface area contributed by atoms with Gasteiger partial charge in [0.1, 0.15) is 0 Å². The van der Waals surface area contributed by atoms with Crippen molar-refractivity contribution in [3.63, 3.8) is 0 Å². The second-order valence-corrected chi connectivity index (χ2v) is 1.99. The molecular formula is C5H15N3O. The van der Waals surface area contributed by atoms with Crippen LogP contribution in [-0.4, -0.2) is 37.0 Å². The van der Waals surface area contributed by atoms with Gasteiger partial charge < -0.3 is 5.11 Å². The minimum Gasteiger partial charge on any atom is -0.392 e. The van der Waals surface area contributed by atoms with Crippen LogP contribution in [0.1, 0.15) is 6.92 Å². The molecule has 56 valence electrons. The van der Waals surface area contributed by atoms with Crippen LogP contribution in [0.2, 0.25) is 0 Å². The van der Waals surface area contributed by atoms with Crippen LogP contribution in [0.4, 0.5) is 0 Å². The molecule has 0 heterocycles. The lowest BCUT2D eigenvalue weighted by Crippen LogP contribution is -2.45. The number of nitrogens with one attached hydrogen (secondary N) is 2. The number of rotatable bonds is 4. The summed E-state index contributed by atoms with van der Waals surface area (Å²) in [6.07, 6.45) is -0.305. The quantitative estimate of drug-likeness (QED) is 0.428. The molecule has 1 unspecified atom stereocenters. The largest absolute Gasteiger partial charge is 0.392 e. The Bertz CT molecular complexity index is 67.2. The van der Waals surface area contributed by atoms with Gasteiger partial charge in [-0.3, -0.25) is 0 Å². The number of hydrazine groups is 2. The molecule has 0 fully saturated rings. The van der Waals surface area contributed by atoms with Gasteiger partial charge in [0, 0.05) is 20.6 Å². The average molecular weight is 133 g/mol. The number of hydrogen-bond acceptors (Lipinski definition) is 4. The predicted molar refractivity (Wildman–Crippen MR) is 36.5 cm³/mol. The Morgan fingerprint density at radius 2 is 2.22 bits per heavy atom. The maximum absolute atomic E-state index is 8.78. The lowest BCUT2D eigenvalue weighted by molar-refractivity contribution is 0.115. The van der Waals surface area contributed by atoms with Gasteiger partial charge in [-0.05, 0) is 6.92 Å². The number of hydrogen-bond donors (Lipinski definition) is 3. The Balaban J connectivity index is 3.06. The molecule has 0 aromatic heterocycles. The molecule has 0 bridgehead atoms. The normalized spacial score (nSPS) is 14.3. The molecule has 0 radical (unpaired) electrons. The third-order valence-corrected chi connectivity index (χ3v) is 0.959. The minimum absolute atomic E-state index is 0.305. The van der Waals surface area contributed by atoms with Crippen LogP contribution in [-0.2, 0) is 0 Å². The van der Waals surface area contributed by atoms with E-state index in [-0.39, 0.29) is 6.10 Å². The maximum Gasteiger partial charge on any atom is 0.0651 e. The summed E-state index contributed by atoms with van der Waals surface area (Å²) in [7, 11) is 3.64. The van der Waals surface area contributed by atoms with Crippen molar-refractivity contribution in [2.24, 2.45) is 0 Å². The summed E-state index contributed by atoms with van der Waals surface area (Å²) < 4.78 is 0. The highest BCUT2D eigenvalue weighted by atomic mass is 16.3. The van der Waals surface area contributed by atoms with Gasteiger partial charge in [-0.2, -0.15) is 5.12 Å². The molecule has 3 N–H and O–H groups in total. The van der Waals surface area contributed by atoms with Gasteiger partial charge in [0.25, 0.3) is 0 Å². The van der Waals surface area contributed by atoms with Crippen LogP contribution >= 0.6 is 0 Å². The molecule has 0 aliphatic heterocycles. The number of aliphatic hydroxyl groups is 1. The van der Waals surface area contributed by atoms with Gasteiger partial charge in [-0.1, -0.05) is 0 Å². The van der Waals surface area contributed by atoms with Gasteiger partial charge in [0.15, 0.2) is 0 Å². The zero-order chi connectivity index (χ0) is 7.28. The summed E-state index contributed by atoms with van der Waals surface area (Å²) >= 11 is 0. The molecule has 0 aromatic rings. The van der Waals surface area contributed by atoms with E-state index >= 15 is 0 Å². The van der Waals surface area contributed by atoms with Crippen LogP contribution in [0.5, 0.6) is 0 Å². The second-order valence-electron chi connectivity index (χ2n) is 1.99. The molecule has 9 heavy (non-hydrogen) atoms. The summed E-state index contributed by atoms with van der Waals surface area (Å²) in [4.78, 5) is 0. The molecule has 0 aliphatic carbocycles. The SMILES string of the molecule is CNN(C)NCC(C)O. The first-order valence-corrected chi connectivity index (χ1v) is 2.99. The first kappa shape index (κ1) is 8.84. The van der Waals surface area contributed by atoms with Gasteiger partial charge in [-0.15, -0.1) is 0 Å². The summed E-state index contributed by atoms with van der Waals surface area (Å²) in [5, 5.41) is 10.5. The molecule has 1 atom stereocenters. The van der Waals surface area contributed by atoms with Crippen molar-refractivity contribution >= 4 is 0 Å². The predicted octanol–water partition coefficient (Wildman–Crippen LogP) is -1.06. The molecule has 0 spiro atoms. The monoisotopic (exact) mass is 133 g/mol.